The SMILES string of the molecule is CC(=O)c1cc(F)ccc1O[C@H]1C[C@@H](NC(=O)OC(C)(C)C)C1. The van der Waals surface area contributed by atoms with Crippen LogP contribution in [0.25, 0.3) is 0 Å². The summed E-state index contributed by atoms with van der Waals surface area (Å²) in [6.07, 6.45) is 0.674. The first-order valence-corrected chi connectivity index (χ1v) is 7.61. The van der Waals surface area contributed by atoms with Gasteiger partial charge >= 0.3 is 6.09 Å². The molecule has 5 nitrogen and oxygen atoms in total. The lowest BCUT2D eigenvalue weighted by Gasteiger charge is -2.36. The lowest BCUT2D eigenvalue weighted by molar-refractivity contribution is 0.0361. The van der Waals surface area contributed by atoms with Crippen molar-refractivity contribution in [2.45, 2.75) is 58.3 Å². The summed E-state index contributed by atoms with van der Waals surface area (Å²) in [5.41, 5.74) is -0.303. The number of benzene rings is 1. The standard InChI is InChI=1S/C17H22FNO4/c1-10(20)14-7-11(18)5-6-15(14)22-13-8-12(9-13)19-16(21)23-17(2,3)4/h5-7,12-13H,8-9H2,1-4H3,(H,19,21)/t12-,13+. The third-order valence-corrected chi connectivity index (χ3v) is 3.43. The Kier molecular flexibility index (Phi) is 4.92. The van der Waals surface area contributed by atoms with Crippen LogP contribution in [0.4, 0.5) is 9.18 Å². The Labute approximate surface area is 135 Å². The van der Waals surface area contributed by atoms with E-state index in [1.807, 2.05) is 0 Å². The van der Waals surface area contributed by atoms with Gasteiger partial charge in [0.05, 0.1) is 5.56 Å². The number of alkyl carbamates (subject to hydrolysis) is 1. The Balaban J connectivity index is 1.85. The normalized spacial score (nSPS) is 20.4. The van der Waals surface area contributed by atoms with Crippen LogP contribution >= 0.6 is 0 Å². The number of ether oxygens (including phenoxy) is 2. The number of carbonyl (C=O) groups is 2. The molecule has 1 N–H and O–H groups in total. The molecule has 0 spiro atoms. The Morgan fingerprint density at radius 1 is 1.26 bits per heavy atom. The van der Waals surface area contributed by atoms with E-state index in [0.29, 0.717) is 18.6 Å². The summed E-state index contributed by atoms with van der Waals surface area (Å²) in [6.45, 7) is 6.78. The molecule has 0 radical (unpaired) electrons. The van der Waals surface area contributed by atoms with Crippen molar-refractivity contribution in [2.24, 2.45) is 0 Å². The van der Waals surface area contributed by atoms with E-state index in [4.69, 9.17) is 9.47 Å². The summed E-state index contributed by atoms with van der Waals surface area (Å²) in [6, 6.07) is 3.88. The molecular weight excluding hydrogens is 301 g/mol. The Bertz CT molecular complexity index is 603. The number of Topliss-reactive ketones (excluding diaryl/α,β-unsaturated/α-hetero) is 1. The summed E-state index contributed by atoms with van der Waals surface area (Å²) in [5, 5.41) is 2.77. The first-order valence-electron chi connectivity index (χ1n) is 7.61. The van der Waals surface area contributed by atoms with Gasteiger partial charge in [-0.1, -0.05) is 0 Å². The molecule has 0 saturated heterocycles. The quantitative estimate of drug-likeness (QED) is 0.862. The van der Waals surface area contributed by atoms with E-state index >= 15 is 0 Å². The number of rotatable bonds is 4. The topological polar surface area (TPSA) is 64.6 Å². The third kappa shape index (κ3) is 4.94. The van der Waals surface area contributed by atoms with E-state index in [1.165, 1.54) is 25.1 Å². The minimum atomic E-state index is -0.533. The molecule has 0 aliphatic heterocycles. The molecule has 1 aliphatic carbocycles. The maximum absolute atomic E-state index is 13.2. The predicted octanol–water partition coefficient (Wildman–Crippen LogP) is 3.46. The molecule has 23 heavy (non-hydrogen) atoms. The molecule has 0 atom stereocenters. The van der Waals surface area contributed by atoms with Crippen LogP contribution in [0.15, 0.2) is 18.2 Å². The van der Waals surface area contributed by atoms with Gasteiger partial charge in [0.2, 0.25) is 0 Å². The largest absolute Gasteiger partial charge is 0.490 e. The molecule has 1 aromatic rings. The fraction of sp³-hybridized carbons (Fsp3) is 0.529. The first-order chi connectivity index (χ1) is 10.6. The molecule has 2 rings (SSSR count). The van der Waals surface area contributed by atoms with Gasteiger partial charge in [0.1, 0.15) is 23.3 Å². The van der Waals surface area contributed by atoms with E-state index in [9.17, 15) is 14.0 Å². The third-order valence-electron chi connectivity index (χ3n) is 3.43. The van der Waals surface area contributed by atoms with Crippen molar-refractivity contribution < 1.29 is 23.5 Å². The Morgan fingerprint density at radius 3 is 2.48 bits per heavy atom. The van der Waals surface area contributed by atoms with Crippen LogP contribution < -0.4 is 10.1 Å². The number of carbonyl (C=O) groups excluding carboxylic acids is 2. The van der Waals surface area contributed by atoms with Gasteiger partial charge in [0.25, 0.3) is 0 Å². The van der Waals surface area contributed by atoms with Crippen molar-refractivity contribution >= 4 is 11.9 Å². The van der Waals surface area contributed by atoms with Gasteiger partial charge in [-0.25, -0.2) is 9.18 Å². The Hall–Kier alpha value is -2.11. The smallest absolute Gasteiger partial charge is 0.407 e. The average Bonchev–Trinajstić information content (AvgIpc) is 2.35. The highest BCUT2D eigenvalue weighted by molar-refractivity contribution is 5.96. The zero-order valence-corrected chi connectivity index (χ0v) is 13.8. The summed E-state index contributed by atoms with van der Waals surface area (Å²) in [7, 11) is 0. The number of hydrogen-bond donors (Lipinski definition) is 1. The lowest BCUT2D eigenvalue weighted by Crippen LogP contribution is -2.50. The highest BCUT2D eigenvalue weighted by Crippen LogP contribution is 2.29. The summed E-state index contributed by atoms with van der Waals surface area (Å²) in [4.78, 5) is 23.2. The van der Waals surface area contributed by atoms with E-state index in [2.05, 4.69) is 5.32 Å². The summed E-state index contributed by atoms with van der Waals surface area (Å²) < 4.78 is 24.1. The highest BCUT2D eigenvalue weighted by Gasteiger charge is 2.33. The molecule has 0 aromatic heterocycles. The van der Waals surface area contributed by atoms with E-state index in [1.54, 1.807) is 20.8 Å². The fourth-order valence-electron chi connectivity index (χ4n) is 2.31. The van der Waals surface area contributed by atoms with E-state index in [-0.39, 0.29) is 23.5 Å². The minimum absolute atomic E-state index is 0.0175. The maximum Gasteiger partial charge on any atom is 0.407 e. The fourth-order valence-corrected chi connectivity index (χ4v) is 2.31. The number of halogens is 1. The van der Waals surface area contributed by atoms with Crippen molar-refractivity contribution in [1.29, 1.82) is 0 Å². The van der Waals surface area contributed by atoms with Gasteiger partial charge in [0.15, 0.2) is 5.78 Å². The summed E-state index contributed by atoms with van der Waals surface area (Å²) in [5.74, 6) is -0.345. The molecule has 1 amide bonds. The van der Waals surface area contributed by atoms with Crippen LogP contribution in [0.1, 0.15) is 50.9 Å². The minimum Gasteiger partial charge on any atom is -0.490 e. The number of hydrogen-bond acceptors (Lipinski definition) is 4. The monoisotopic (exact) mass is 323 g/mol. The van der Waals surface area contributed by atoms with Crippen molar-refractivity contribution in [3.63, 3.8) is 0 Å². The van der Waals surface area contributed by atoms with Gasteiger partial charge in [-0.15, -0.1) is 0 Å². The van der Waals surface area contributed by atoms with Crippen molar-refractivity contribution in [2.75, 3.05) is 0 Å². The van der Waals surface area contributed by atoms with E-state index < -0.39 is 17.5 Å². The lowest BCUT2D eigenvalue weighted by atomic mass is 9.89. The van der Waals surface area contributed by atoms with Crippen LogP contribution in [0.3, 0.4) is 0 Å². The first kappa shape index (κ1) is 17.2. The number of ketones is 1. The molecule has 1 saturated carbocycles. The Morgan fingerprint density at radius 2 is 1.91 bits per heavy atom. The molecule has 0 bridgehead atoms. The highest BCUT2D eigenvalue weighted by atomic mass is 19.1. The summed E-state index contributed by atoms with van der Waals surface area (Å²) >= 11 is 0. The van der Waals surface area contributed by atoms with Gasteiger partial charge < -0.3 is 14.8 Å². The molecule has 0 heterocycles. The number of nitrogens with one attached hydrogen (secondary N) is 1. The van der Waals surface area contributed by atoms with Gasteiger partial charge in [-0.05, 0) is 45.9 Å². The van der Waals surface area contributed by atoms with Gasteiger partial charge in [0, 0.05) is 18.9 Å². The molecule has 1 aliphatic rings. The molecule has 1 aromatic carbocycles. The number of amides is 1. The van der Waals surface area contributed by atoms with Crippen molar-refractivity contribution in [3.05, 3.63) is 29.6 Å². The van der Waals surface area contributed by atoms with Crippen LogP contribution in [-0.4, -0.2) is 29.6 Å². The molecular formula is C17H22FNO4. The zero-order valence-electron chi connectivity index (χ0n) is 13.8. The zero-order chi connectivity index (χ0) is 17.2. The molecule has 126 valence electrons. The van der Waals surface area contributed by atoms with E-state index in [0.717, 1.165) is 0 Å². The van der Waals surface area contributed by atoms with Crippen LogP contribution in [0, 0.1) is 5.82 Å². The van der Waals surface area contributed by atoms with Crippen LogP contribution in [0.5, 0.6) is 5.75 Å². The predicted molar refractivity (Wildman–Crippen MR) is 83.2 cm³/mol. The van der Waals surface area contributed by atoms with Gasteiger partial charge in [-0.2, -0.15) is 0 Å². The van der Waals surface area contributed by atoms with Crippen molar-refractivity contribution in [1.82, 2.24) is 5.32 Å². The van der Waals surface area contributed by atoms with Crippen LogP contribution in [0.2, 0.25) is 0 Å². The second-order valence-electron chi connectivity index (χ2n) is 6.75. The molecule has 6 heteroatoms. The second kappa shape index (κ2) is 6.56. The molecule has 0 unspecified atom stereocenters. The maximum atomic E-state index is 13.2. The average molecular weight is 323 g/mol. The van der Waals surface area contributed by atoms with Gasteiger partial charge in [-0.3, -0.25) is 4.79 Å². The molecule has 1 fully saturated rings. The van der Waals surface area contributed by atoms with Crippen molar-refractivity contribution in [3.8, 4) is 5.75 Å². The second-order valence-corrected chi connectivity index (χ2v) is 6.75. The van der Waals surface area contributed by atoms with Crippen LogP contribution in [-0.2, 0) is 4.74 Å².